The van der Waals surface area contributed by atoms with Crippen molar-refractivity contribution in [2.75, 3.05) is 20.0 Å². The van der Waals surface area contributed by atoms with Crippen LogP contribution < -0.4 is 15.0 Å². The van der Waals surface area contributed by atoms with E-state index in [1.54, 1.807) is 12.1 Å². The first-order valence-corrected chi connectivity index (χ1v) is 9.39. The summed E-state index contributed by atoms with van der Waals surface area (Å²) in [5.41, 5.74) is 0.0825. The zero-order valence-corrected chi connectivity index (χ0v) is 16.3. The van der Waals surface area contributed by atoms with Crippen molar-refractivity contribution in [3.63, 3.8) is 0 Å². The highest BCUT2D eigenvalue weighted by molar-refractivity contribution is 7.99. The van der Waals surface area contributed by atoms with Gasteiger partial charge in [0.15, 0.2) is 22.8 Å². The third kappa shape index (κ3) is 3.01. The predicted octanol–water partition coefficient (Wildman–Crippen LogP) is 2.36. The van der Waals surface area contributed by atoms with Crippen LogP contribution in [0.5, 0.6) is 17.4 Å². The van der Waals surface area contributed by atoms with Crippen LogP contribution in [0.3, 0.4) is 0 Å². The predicted molar refractivity (Wildman–Crippen MR) is 99.0 cm³/mol. The maximum Gasteiger partial charge on any atom is 0.343 e. The van der Waals surface area contributed by atoms with Gasteiger partial charge in [-0.05, 0) is 18.7 Å². The van der Waals surface area contributed by atoms with E-state index in [4.69, 9.17) is 14.2 Å². The van der Waals surface area contributed by atoms with Gasteiger partial charge in [-0.2, -0.15) is 4.98 Å². The highest BCUT2D eigenvalue weighted by Gasteiger charge is 2.40. The van der Waals surface area contributed by atoms with Crippen molar-refractivity contribution < 1.29 is 24.1 Å². The molecule has 1 atom stereocenters. The van der Waals surface area contributed by atoms with Gasteiger partial charge in [0.25, 0.3) is 5.56 Å². The molecule has 1 N–H and O–H groups in total. The van der Waals surface area contributed by atoms with E-state index in [1.807, 2.05) is 13.8 Å². The van der Waals surface area contributed by atoms with Gasteiger partial charge in [-0.25, -0.2) is 4.79 Å². The number of ether oxygens (including phenoxy) is 3. The number of carbonyl (C=O) groups is 1. The van der Waals surface area contributed by atoms with Gasteiger partial charge in [0, 0.05) is 12.1 Å². The molecular formula is C18H20N2O6S. The van der Waals surface area contributed by atoms with Crippen molar-refractivity contribution in [1.82, 2.24) is 9.55 Å². The number of nitrogens with zero attached hydrogens (tertiary/aromatic N) is 2. The van der Waals surface area contributed by atoms with Crippen LogP contribution in [0.25, 0.3) is 0 Å². The fourth-order valence-electron chi connectivity index (χ4n) is 3.10. The molecule has 27 heavy (non-hydrogen) atoms. The number of hydrogen-bond acceptors (Lipinski definition) is 8. The maximum absolute atomic E-state index is 13.0. The van der Waals surface area contributed by atoms with Crippen molar-refractivity contribution >= 4 is 17.7 Å². The van der Waals surface area contributed by atoms with Crippen molar-refractivity contribution in [2.24, 2.45) is 0 Å². The molecule has 2 aromatic rings. The van der Waals surface area contributed by atoms with Gasteiger partial charge >= 0.3 is 5.97 Å². The van der Waals surface area contributed by atoms with E-state index in [2.05, 4.69) is 4.98 Å². The van der Waals surface area contributed by atoms with Gasteiger partial charge in [0.1, 0.15) is 11.1 Å². The van der Waals surface area contributed by atoms with Gasteiger partial charge in [-0.1, -0.05) is 24.8 Å². The number of benzene rings is 1. The molecule has 1 aromatic carbocycles. The third-order valence-electron chi connectivity index (χ3n) is 4.29. The fraction of sp³-hybridized carbons (Fsp3) is 0.389. The number of rotatable bonds is 6. The SMILES string of the molecule is CCSc1nc(O)c(C2OC(=O)c3c2ccc(OC)c3OC)c(=O)n1CC. The number of hydrogen-bond donors (Lipinski definition) is 1. The topological polar surface area (TPSA) is 99.9 Å². The molecule has 8 nitrogen and oxygen atoms in total. The Morgan fingerprint density at radius 3 is 2.59 bits per heavy atom. The molecule has 0 radical (unpaired) electrons. The molecule has 1 unspecified atom stereocenters. The lowest BCUT2D eigenvalue weighted by molar-refractivity contribution is 0.0446. The Kier molecular flexibility index (Phi) is 5.31. The Hall–Kier alpha value is -2.68. The molecule has 0 fully saturated rings. The highest BCUT2D eigenvalue weighted by Crippen LogP contribution is 2.44. The largest absolute Gasteiger partial charge is 0.493 e. The summed E-state index contributed by atoms with van der Waals surface area (Å²) in [6.45, 7) is 4.11. The Labute approximate surface area is 160 Å². The summed E-state index contributed by atoms with van der Waals surface area (Å²) in [5.74, 6) is 0.199. The Balaban J connectivity index is 2.22. The van der Waals surface area contributed by atoms with Crippen LogP contribution in [0.15, 0.2) is 22.1 Å². The molecular weight excluding hydrogens is 372 g/mol. The molecule has 1 aromatic heterocycles. The molecule has 0 aliphatic carbocycles. The zero-order chi connectivity index (χ0) is 19.7. The molecule has 0 saturated carbocycles. The summed E-state index contributed by atoms with van der Waals surface area (Å²) in [6.07, 6.45) is -1.06. The van der Waals surface area contributed by atoms with Crippen molar-refractivity contribution in [1.29, 1.82) is 0 Å². The first-order chi connectivity index (χ1) is 13.0. The summed E-state index contributed by atoms with van der Waals surface area (Å²) < 4.78 is 17.4. The van der Waals surface area contributed by atoms with Gasteiger partial charge in [-0.3, -0.25) is 9.36 Å². The van der Waals surface area contributed by atoms with Crippen LogP contribution in [0.4, 0.5) is 0 Å². The minimum atomic E-state index is -1.06. The molecule has 3 rings (SSSR count). The monoisotopic (exact) mass is 392 g/mol. The van der Waals surface area contributed by atoms with Crippen LogP contribution in [0, 0.1) is 0 Å². The molecule has 2 heterocycles. The van der Waals surface area contributed by atoms with Gasteiger partial charge < -0.3 is 19.3 Å². The molecule has 144 valence electrons. The van der Waals surface area contributed by atoms with Crippen molar-refractivity contribution in [2.45, 2.75) is 31.7 Å². The second-order valence-corrected chi connectivity index (χ2v) is 6.90. The van der Waals surface area contributed by atoms with E-state index < -0.39 is 23.5 Å². The number of cyclic esters (lactones) is 1. The highest BCUT2D eigenvalue weighted by atomic mass is 32.2. The average Bonchev–Trinajstić information content (AvgIpc) is 2.98. The van der Waals surface area contributed by atoms with E-state index >= 15 is 0 Å². The van der Waals surface area contributed by atoms with Crippen LogP contribution >= 0.6 is 11.8 Å². The minimum Gasteiger partial charge on any atom is -0.493 e. The van der Waals surface area contributed by atoms with E-state index in [1.165, 1.54) is 30.5 Å². The van der Waals surface area contributed by atoms with Crippen LogP contribution in [-0.2, 0) is 11.3 Å². The summed E-state index contributed by atoms with van der Waals surface area (Å²) >= 11 is 1.35. The van der Waals surface area contributed by atoms with Crippen LogP contribution in [-0.4, -0.2) is 40.6 Å². The maximum atomic E-state index is 13.0. The molecule has 1 aliphatic heterocycles. The Bertz CT molecular complexity index is 956. The lowest BCUT2D eigenvalue weighted by Gasteiger charge is -2.16. The molecule has 0 bridgehead atoms. The summed E-state index contributed by atoms with van der Waals surface area (Å²) in [5, 5.41) is 10.9. The van der Waals surface area contributed by atoms with E-state index in [-0.39, 0.29) is 16.9 Å². The number of aromatic hydroxyl groups is 1. The fourth-order valence-corrected chi connectivity index (χ4v) is 3.88. The molecule has 9 heteroatoms. The zero-order valence-electron chi connectivity index (χ0n) is 15.4. The normalized spacial score (nSPS) is 15.4. The standard InChI is InChI=1S/C18H20N2O6S/c1-5-20-16(22)12(15(21)19-18(20)27-6-2)13-9-7-8-10(24-3)14(25-4)11(9)17(23)26-13/h7-8,13,21H,5-6H2,1-4H3. The number of thioether (sulfide) groups is 1. The van der Waals surface area contributed by atoms with Gasteiger partial charge in [0.2, 0.25) is 5.88 Å². The molecule has 1 aliphatic rings. The lowest BCUT2D eigenvalue weighted by Crippen LogP contribution is -2.28. The van der Waals surface area contributed by atoms with E-state index in [0.29, 0.717) is 28.8 Å². The van der Waals surface area contributed by atoms with E-state index in [0.717, 1.165) is 0 Å². The summed E-state index contributed by atoms with van der Waals surface area (Å²) in [7, 11) is 2.88. The lowest BCUT2D eigenvalue weighted by atomic mass is 9.99. The number of methoxy groups -OCH3 is 2. The average molecular weight is 392 g/mol. The van der Waals surface area contributed by atoms with Crippen molar-refractivity contribution in [3.8, 4) is 17.4 Å². The number of esters is 1. The number of aromatic nitrogens is 2. The molecule has 0 amide bonds. The first-order valence-electron chi connectivity index (χ1n) is 8.40. The summed E-state index contributed by atoms with van der Waals surface area (Å²) in [4.78, 5) is 29.6. The second kappa shape index (κ2) is 7.51. The smallest absolute Gasteiger partial charge is 0.343 e. The van der Waals surface area contributed by atoms with Crippen LogP contribution in [0.1, 0.15) is 41.4 Å². The van der Waals surface area contributed by atoms with E-state index in [9.17, 15) is 14.7 Å². The first kappa shape index (κ1) is 19.1. The second-order valence-electron chi connectivity index (χ2n) is 5.66. The van der Waals surface area contributed by atoms with Crippen molar-refractivity contribution in [3.05, 3.63) is 39.2 Å². The Morgan fingerprint density at radius 1 is 1.26 bits per heavy atom. The summed E-state index contributed by atoms with van der Waals surface area (Å²) in [6, 6.07) is 3.24. The minimum absolute atomic E-state index is 0.0726. The molecule has 0 saturated heterocycles. The third-order valence-corrected chi connectivity index (χ3v) is 5.15. The number of carbonyl (C=O) groups excluding carboxylic acids is 1. The number of fused-ring (bicyclic) bond motifs is 1. The Morgan fingerprint density at radius 2 is 2.00 bits per heavy atom. The van der Waals surface area contributed by atoms with Crippen LogP contribution in [0.2, 0.25) is 0 Å². The van der Waals surface area contributed by atoms with Gasteiger partial charge in [0.05, 0.1) is 14.2 Å². The quantitative estimate of drug-likeness (QED) is 0.454. The molecule has 0 spiro atoms. The van der Waals surface area contributed by atoms with Gasteiger partial charge in [-0.15, -0.1) is 0 Å².